The molecule has 0 fully saturated rings. The summed E-state index contributed by atoms with van der Waals surface area (Å²) >= 11 is 10.2. The fourth-order valence-electron chi connectivity index (χ4n) is 4.48. The molecule has 39 heteroatoms. The van der Waals surface area contributed by atoms with E-state index in [0.29, 0.717) is 51.3 Å². The molecule has 5 rings (SSSR count). The first-order chi connectivity index (χ1) is 30.6. The first-order valence-electron chi connectivity index (χ1n) is 16.1. The second-order valence-electron chi connectivity index (χ2n) is 11.0. The summed E-state index contributed by atoms with van der Waals surface area (Å²) in [5.41, 5.74) is 11.1. The zero-order chi connectivity index (χ0) is 46.7. The Labute approximate surface area is 514 Å². The van der Waals surface area contributed by atoms with Gasteiger partial charge in [0.2, 0.25) is 17.2 Å². The molecule has 1 unspecified atom stereocenters. The number of sulfone groups is 1. The largest absolute Gasteiger partial charge is 1.00 e. The second-order valence-corrected chi connectivity index (χ2v) is 27.9. The van der Waals surface area contributed by atoms with Crippen LogP contribution in [0.1, 0.15) is 0 Å². The fraction of sp³-hybridized carbons (Fsp3) is 0.0690. The Bertz CT molecular complexity index is 2650. The van der Waals surface area contributed by atoms with Crippen LogP contribution in [0.3, 0.4) is 0 Å². The Kier molecular flexibility index (Phi) is 36.6. The number of anilines is 6. The molecule has 0 radical (unpaired) electrons. The molecular weight excluding hydrogens is 1310 g/mol. The summed E-state index contributed by atoms with van der Waals surface area (Å²) in [4.78, 5) is 11.9. The van der Waals surface area contributed by atoms with Crippen molar-refractivity contribution in [2.45, 2.75) is 19.6 Å². The molecule has 0 spiro atoms. The number of nitrogens with zero attached hydrogens (tertiary/aromatic N) is 7. The molecule has 0 saturated carbocycles. The van der Waals surface area contributed by atoms with E-state index in [1.54, 1.807) is 24.3 Å². The van der Waals surface area contributed by atoms with Crippen molar-refractivity contribution in [3.05, 3.63) is 78.1 Å². The van der Waals surface area contributed by atoms with Crippen LogP contribution in [-0.4, -0.2) is 48.7 Å². The van der Waals surface area contributed by atoms with Crippen molar-refractivity contribution in [1.29, 1.82) is 0 Å². The van der Waals surface area contributed by atoms with E-state index in [-0.39, 0.29) is 187 Å². The van der Waals surface area contributed by atoms with E-state index in [4.69, 9.17) is 27.3 Å². The molecule has 0 aliphatic rings. The van der Waals surface area contributed by atoms with Gasteiger partial charge in [0.15, 0.2) is 22.2 Å². The van der Waals surface area contributed by atoms with Gasteiger partial charge in [-0.15, -0.1) is 19.7 Å². The Morgan fingerprint density at radius 1 is 0.735 bits per heavy atom. The first kappa shape index (κ1) is 69.0. The van der Waals surface area contributed by atoms with Crippen LogP contribution in [0.4, 0.5) is 57.4 Å². The maximum atomic E-state index is 12.6. The molecule has 346 valence electrons. The number of hydrogen-bond donors (Lipinski definition) is 4. The number of nitrogens with two attached hydrogens (primary N) is 2. The molecule has 5 aromatic rings. The SMILES string of the molecule is Nc1c(N=Nc2ccc(S(=O)(=O)CCOSOO[O-])cc2)cc(S(=O)(=O)[O-])c(N)c1N=Nc1cc(Nc2nc(Cl)nc(Nc3ccc(SOO[O-])cc3)n2)ccc1SOO[O-].P[I-]I.[Na+].[Na+].[Na+].[Na+]. The fourth-order valence-corrected chi connectivity index (χ4v) is 7.44. The standard InChI is InChI=1S/C29H26ClN11O15S5.H2I2P.4Na/c30-27-35-28(33-15-1-6-18(7-2-15)57-54-51-42)37-29(36-27)34-17-5-10-22(58-55-52-43)20(13-17)39-41-26-24(31)21(14-23(25(26)32)61(47,48)49)40-38-16-3-8-19(9-4-16)60(45,46)12-11-50-59-56-53-44;1-2-3;;;;/h1-10,13-14,42-44H,11-12,31-32H2,(H,47,48,49)(H2,33,34,35,36,37);3H2;;;;/q;-1;4*+1/p-4. The van der Waals surface area contributed by atoms with Crippen molar-refractivity contribution in [2.75, 3.05) is 34.5 Å². The van der Waals surface area contributed by atoms with Crippen LogP contribution in [0.15, 0.2) is 113 Å². The molecule has 26 nitrogen and oxygen atoms in total. The summed E-state index contributed by atoms with van der Waals surface area (Å²) in [6.45, 7) is 2.32. The predicted molar refractivity (Wildman–Crippen MR) is 230 cm³/mol. The molecule has 0 saturated heterocycles. The molecule has 1 atom stereocenters. The Hall–Kier alpha value is 0.980. The predicted octanol–water partition coefficient (Wildman–Crippen LogP) is -9.82. The topological polar surface area (TPSA) is 389 Å². The minimum atomic E-state index is -5.27. The minimum Gasteiger partial charge on any atom is 1.00 e. The summed E-state index contributed by atoms with van der Waals surface area (Å²) in [5, 5.41) is 61.9. The Morgan fingerprint density at radius 3 is 1.88 bits per heavy atom. The summed E-state index contributed by atoms with van der Waals surface area (Å²) in [5.74, 6) is -0.528. The first-order valence-corrected chi connectivity index (χ1v) is 32.2. The van der Waals surface area contributed by atoms with Gasteiger partial charge in [0.25, 0.3) is 0 Å². The summed E-state index contributed by atoms with van der Waals surface area (Å²) in [6, 6.07) is 16.4. The number of benzene rings is 4. The average molecular weight is 1340 g/mol. The van der Waals surface area contributed by atoms with Crippen LogP contribution < -0.4 is 173 Å². The van der Waals surface area contributed by atoms with E-state index < -0.39 is 47.7 Å². The quantitative estimate of drug-likeness (QED) is 0.00478. The maximum Gasteiger partial charge on any atom is 1.00 e. The molecule has 1 heterocycles. The van der Waals surface area contributed by atoms with E-state index >= 15 is 0 Å². The number of aromatic nitrogens is 3. The van der Waals surface area contributed by atoms with E-state index in [0.717, 1.165) is 6.07 Å². The monoisotopic (exact) mass is 1340 g/mol. The number of azo groups is 2. The molecule has 0 bridgehead atoms. The Balaban J connectivity index is 0.00000624. The van der Waals surface area contributed by atoms with Crippen LogP contribution in [0, 0.1) is 0 Å². The summed E-state index contributed by atoms with van der Waals surface area (Å²) < 4.78 is 79.2. The van der Waals surface area contributed by atoms with Gasteiger partial charge in [0.1, 0.15) is 27.2 Å². The van der Waals surface area contributed by atoms with E-state index in [9.17, 15) is 37.2 Å². The average Bonchev–Trinajstić information content (AvgIpc) is 3.25. The van der Waals surface area contributed by atoms with Crippen LogP contribution in [0.2, 0.25) is 5.28 Å². The number of hydrogen-bond acceptors (Lipinski definition) is 29. The molecular formula is C29H24ClI2N11Na4O15PS5-. The van der Waals surface area contributed by atoms with Gasteiger partial charge in [0.05, 0.1) is 68.2 Å². The van der Waals surface area contributed by atoms with Crippen LogP contribution >= 0.6 is 73.5 Å². The van der Waals surface area contributed by atoms with Crippen LogP contribution in [0.5, 0.6) is 0 Å². The number of halogens is 3. The molecule has 0 aliphatic heterocycles. The van der Waals surface area contributed by atoms with Crippen LogP contribution in [0.25, 0.3) is 0 Å². The van der Waals surface area contributed by atoms with Crippen molar-refractivity contribution in [1.82, 2.24) is 15.0 Å². The molecule has 0 aliphatic carbocycles. The van der Waals surface area contributed by atoms with Crippen LogP contribution in [-0.2, 0) is 52.3 Å². The zero-order valence-corrected chi connectivity index (χ0v) is 53.3. The second kappa shape index (κ2) is 36.0. The molecule has 1 aromatic heterocycles. The number of rotatable bonds is 22. The van der Waals surface area contributed by atoms with Gasteiger partial charge in [-0.3, -0.25) is 19.3 Å². The normalized spacial score (nSPS) is 11.2. The third kappa shape index (κ3) is 23.3. The van der Waals surface area contributed by atoms with Gasteiger partial charge in [-0.25, -0.2) is 16.8 Å². The van der Waals surface area contributed by atoms with Gasteiger partial charge in [-0.1, -0.05) is 0 Å². The van der Waals surface area contributed by atoms with Gasteiger partial charge in [-0.05, 0) is 84.4 Å². The Morgan fingerprint density at radius 2 is 1.29 bits per heavy atom. The van der Waals surface area contributed by atoms with E-state index in [1.165, 1.54) is 42.5 Å². The molecule has 6 N–H and O–H groups in total. The van der Waals surface area contributed by atoms with Crippen molar-refractivity contribution >= 4 is 151 Å². The molecule has 68 heavy (non-hydrogen) atoms. The summed E-state index contributed by atoms with van der Waals surface area (Å²) in [7, 11) is -9.13. The van der Waals surface area contributed by atoms with Crippen molar-refractivity contribution in [2.24, 2.45) is 20.5 Å². The van der Waals surface area contributed by atoms with Crippen molar-refractivity contribution < 1.29 is 204 Å². The van der Waals surface area contributed by atoms with E-state index in [2.05, 4.69) is 99.7 Å². The number of nitrogen functional groups attached to an aromatic ring is 2. The van der Waals surface area contributed by atoms with Gasteiger partial charge in [0, 0.05) is 16.3 Å². The van der Waals surface area contributed by atoms with Crippen molar-refractivity contribution in [3.63, 3.8) is 0 Å². The third-order valence-electron chi connectivity index (χ3n) is 7.10. The third-order valence-corrected chi connectivity index (χ3v) is 11.4. The molecule has 4 aromatic carbocycles. The minimum absolute atomic E-state index is 0. The van der Waals surface area contributed by atoms with Gasteiger partial charge < -0.3 is 42.4 Å². The van der Waals surface area contributed by atoms with Crippen molar-refractivity contribution in [3.8, 4) is 0 Å². The summed E-state index contributed by atoms with van der Waals surface area (Å²) in [6.07, 6.45) is 0. The molecule has 0 amide bonds. The number of nitrogens with one attached hydrogen (secondary N) is 2. The van der Waals surface area contributed by atoms with E-state index in [1.807, 2.05) is 0 Å². The van der Waals surface area contributed by atoms with Gasteiger partial charge in [-0.2, -0.15) is 28.7 Å². The maximum absolute atomic E-state index is 12.6. The smallest absolute Gasteiger partial charge is 1.00 e. The zero-order valence-electron chi connectivity index (χ0n) is 35.0. The van der Waals surface area contributed by atoms with Gasteiger partial charge >= 0.3 is 160 Å².